The van der Waals surface area contributed by atoms with E-state index in [2.05, 4.69) is 25.1 Å². The molecule has 2 heteroatoms. The Morgan fingerprint density at radius 2 is 2.31 bits per heavy atom. The van der Waals surface area contributed by atoms with Gasteiger partial charge in [-0.15, -0.1) is 0 Å². The van der Waals surface area contributed by atoms with E-state index in [4.69, 9.17) is 4.74 Å². The van der Waals surface area contributed by atoms with Crippen molar-refractivity contribution < 1.29 is 9.53 Å². The third-order valence-electron chi connectivity index (χ3n) is 3.09. The van der Waals surface area contributed by atoms with Gasteiger partial charge in [-0.25, -0.2) is 0 Å². The Morgan fingerprint density at radius 3 is 3.06 bits per heavy atom. The summed E-state index contributed by atoms with van der Waals surface area (Å²) in [6.45, 7) is 4.54. The first-order valence-electron chi connectivity index (χ1n) is 5.92. The zero-order valence-corrected chi connectivity index (χ0v) is 9.95. The number of benzene rings is 1. The second kappa shape index (κ2) is 4.69. The van der Waals surface area contributed by atoms with Gasteiger partial charge < -0.3 is 9.53 Å². The average molecular weight is 218 g/mol. The molecule has 0 aliphatic carbocycles. The smallest absolute Gasteiger partial charge is 0.130 e. The van der Waals surface area contributed by atoms with Crippen LogP contribution < -0.4 is 4.74 Å². The van der Waals surface area contributed by atoms with Crippen molar-refractivity contribution in [1.29, 1.82) is 0 Å². The van der Waals surface area contributed by atoms with Crippen LogP contribution in [0.4, 0.5) is 0 Å². The first-order valence-corrected chi connectivity index (χ1v) is 5.92. The van der Waals surface area contributed by atoms with Gasteiger partial charge in [0.05, 0.1) is 6.61 Å². The average Bonchev–Trinajstić information content (AvgIpc) is 2.27. The Bertz CT molecular complexity index is 396. The molecule has 1 aromatic rings. The summed E-state index contributed by atoms with van der Waals surface area (Å²) in [4.78, 5) is 11.2. The third-order valence-corrected chi connectivity index (χ3v) is 3.09. The molecule has 0 amide bonds. The van der Waals surface area contributed by atoms with Crippen LogP contribution in [0.1, 0.15) is 43.7 Å². The Hall–Kier alpha value is -1.31. The van der Waals surface area contributed by atoms with Crippen molar-refractivity contribution in [2.45, 2.75) is 39.0 Å². The lowest BCUT2D eigenvalue weighted by atomic mass is 9.91. The molecule has 1 atom stereocenters. The van der Waals surface area contributed by atoms with Crippen molar-refractivity contribution in [1.82, 2.24) is 0 Å². The van der Waals surface area contributed by atoms with Crippen LogP contribution in [0.3, 0.4) is 0 Å². The summed E-state index contributed by atoms with van der Waals surface area (Å²) in [5, 5.41) is 0. The van der Waals surface area contributed by atoms with Crippen LogP contribution in [0, 0.1) is 0 Å². The van der Waals surface area contributed by atoms with Crippen LogP contribution in [0.25, 0.3) is 0 Å². The molecule has 0 aromatic heterocycles. The predicted molar refractivity (Wildman–Crippen MR) is 64.0 cm³/mol. The summed E-state index contributed by atoms with van der Waals surface area (Å²) in [7, 11) is 0. The minimum atomic E-state index is 0.237. The molecule has 1 aliphatic heterocycles. The summed E-state index contributed by atoms with van der Waals surface area (Å²) in [6, 6.07) is 6.27. The molecule has 1 aromatic carbocycles. The topological polar surface area (TPSA) is 26.3 Å². The lowest BCUT2D eigenvalue weighted by molar-refractivity contribution is -0.117. The van der Waals surface area contributed by atoms with Crippen molar-refractivity contribution in [3.8, 4) is 5.75 Å². The number of aryl methyl sites for hydroxylation is 1. The summed E-state index contributed by atoms with van der Waals surface area (Å²) < 4.78 is 5.75. The maximum absolute atomic E-state index is 11.2. The molecule has 0 saturated carbocycles. The van der Waals surface area contributed by atoms with E-state index in [0.717, 1.165) is 25.2 Å². The standard InChI is InChI=1S/C14H18O2/c1-10(9-11(2)15)13-7-3-5-12-6-4-8-16-14(12)13/h3,5,7,10H,4,6,8-9H2,1-2H3. The Balaban J connectivity index is 2.29. The van der Waals surface area contributed by atoms with Gasteiger partial charge in [-0.1, -0.05) is 25.1 Å². The fourth-order valence-electron chi connectivity index (χ4n) is 2.34. The normalized spacial score (nSPS) is 16.1. The molecule has 1 aliphatic rings. The minimum Gasteiger partial charge on any atom is -0.493 e. The Labute approximate surface area is 96.6 Å². The number of carbonyl (C=O) groups excluding carboxylic acids is 1. The van der Waals surface area contributed by atoms with E-state index in [1.165, 1.54) is 11.1 Å². The van der Waals surface area contributed by atoms with Gasteiger partial charge in [0.1, 0.15) is 11.5 Å². The fraction of sp³-hybridized carbons (Fsp3) is 0.500. The number of rotatable bonds is 3. The lowest BCUT2D eigenvalue weighted by Crippen LogP contribution is -2.12. The largest absolute Gasteiger partial charge is 0.493 e. The van der Waals surface area contributed by atoms with E-state index >= 15 is 0 Å². The molecule has 0 bridgehead atoms. The summed E-state index contributed by atoms with van der Waals surface area (Å²) in [6.07, 6.45) is 2.79. The number of ketones is 1. The monoisotopic (exact) mass is 218 g/mol. The predicted octanol–water partition coefficient (Wildman–Crippen LogP) is 3.09. The van der Waals surface area contributed by atoms with Gasteiger partial charge in [0, 0.05) is 6.42 Å². The SMILES string of the molecule is CC(=O)CC(C)c1cccc2c1OCCC2. The second-order valence-electron chi connectivity index (χ2n) is 4.59. The summed E-state index contributed by atoms with van der Waals surface area (Å²) >= 11 is 0. The maximum Gasteiger partial charge on any atom is 0.130 e. The van der Waals surface area contributed by atoms with Gasteiger partial charge in [0.25, 0.3) is 0 Å². The number of Topliss-reactive ketones (excluding diaryl/α,β-unsaturated/α-hetero) is 1. The first-order chi connectivity index (χ1) is 7.68. The zero-order valence-electron chi connectivity index (χ0n) is 9.95. The van der Waals surface area contributed by atoms with Gasteiger partial charge in [0.15, 0.2) is 0 Å². The highest BCUT2D eigenvalue weighted by atomic mass is 16.5. The second-order valence-corrected chi connectivity index (χ2v) is 4.59. The van der Waals surface area contributed by atoms with Gasteiger partial charge in [-0.3, -0.25) is 0 Å². The van der Waals surface area contributed by atoms with E-state index < -0.39 is 0 Å². The van der Waals surface area contributed by atoms with Crippen molar-refractivity contribution in [2.75, 3.05) is 6.61 Å². The van der Waals surface area contributed by atoms with Gasteiger partial charge in [0.2, 0.25) is 0 Å². The van der Waals surface area contributed by atoms with Crippen LogP contribution in [0.15, 0.2) is 18.2 Å². The number of carbonyl (C=O) groups is 1. The van der Waals surface area contributed by atoms with Crippen molar-refractivity contribution in [2.24, 2.45) is 0 Å². The number of fused-ring (bicyclic) bond motifs is 1. The highest BCUT2D eigenvalue weighted by Gasteiger charge is 2.18. The molecular weight excluding hydrogens is 200 g/mol. The number of ether oxygens (including phenoxy) is 1. The molecule has 2 rings (SSSR count). The van der Waals surface area contributed by atoms with E-state index in [1.807, 2.05) is 0 Å². The molecule has 0 radical (unpaired) electrons. The molecule has 86 valence electrons. The maximum atomic E-state index is 11.2. The lowest BCUT2D eigenvalue weighted by Gasteiger charge is -2.22. The van der Waals surface area contributed by atoms with E-state index in [0.29, 0.717) is 6.42 Å². The molecule has 1 unspecified atom stereocenters. The minimum absolute atomic E-state index is 0.237. The first kappa shape index (κ1) is 11.2. The Kier molecular flexibility index (Phi) is 3.28. The van der Waals surface area contributed by atoms with Crippen LogP contribution in [0.5, 0.6) is 5.75 Å². The van der Waals surface area contributed by atoms with Crippen molar-refractivity contribution >= 4 is 5.78 Å². The molecule has 1 heterocycles. The number of hydrogen-bond donors (Lipinski definition) is 0. The number of hydrogen-bond acceptors (Lipinski definition) is 2. The molecule has 0 N–H and O–H groups in total. The van der Waals surface area contributed by atoms with Gasteiger partial charge in [-0.05, 0) is 36.8 Å². The van der Waals surface area contributed by atoms with Crippen LogP contribution in [0.2, 0.25) is 0 Å². The van der Waals surface area contributed by atoms with Crippen molar-refractivity contribution in [3.05, 3.63) is 29.3 Å². The van der Waals surface area contributed by atoms with Crippen LogP contribution >= 0.6 is 0 Å². The van der Waals surface area contributed by atoms with Crippen molar-refractivity contribution in [3.63, 3.8) is 0 Å². The zero-order chi connectivity index (χ0) is 11.5. The van der Waals surface area contributed by atoms with Gasteiger partial charge >= 0.3 is 0 Å². The molecular formula is C14H18O2. The van der Waals surface area contributed by atoms with Gasteiger partial charge in [-0.2, -0.15) is 0 Å². The molecule has 0 fully saturated rings. The highest BCUT2D eigenvalue weighted by Crippen LogP contribution is 2.34. The van der Waals surface area contributed by atoms with Crippen LogP contribution in [-0.2, 0) is 11.2 Å². The summed E-state index contributed by atoms with van der Waals surface area (Å²) in [5.41, 5.74) is 2.48. The van der Waals surface area contributed by atoms with Crippen LogP contribution in [-0.4, -0.2) is 12.4 Å². The van der Waals surface area contributed by atoms with E-state index in [9.17, 15) is 4.79 Å². The highest BCUT2D eigenvalue weighted by molar-refractivity contribution is 5.76. The van der Waals surface area contributed by atoms with E-state index in [1.54, 1.807) is 6.92 Å². The quantitative estimate of drug-likeness (QED) is 0.779. The van der Waals surface area contributed by atoms with E-state index in [-0.39, 0.29) is 11.7 Å². The number of para-hydroxylation sites is 1. The molecule has 16 heavy (non-hydrogen) atoms. The molecule has 0 saturated heterocycles. The fourth-order valence-corrected chi connectivity index (χ4v) is 2.34. The Morgan fingerprint density at radius 1 is 1.50 bits per heavy atom. The summed E-state index contributed by atoms with van der Waals surface area (Å²) in [5.74, 6) is 1.52. The molecule has 0 spiro atoms. The third kappa shape index (κ3) is 2.26. The molecule has 2 nitrogen and oxygen atoms in total.